The van der Waals surface area contributed by atoms with Crippen LogP contribution in [0.3, 0.4) is 0 Å². The molecule has 1 atom stereocenters. The lowest BCUT2D eigenvalue weighted by atomic mass is 10.0. The quantitative estimate of drug-likeness (QED) is 0.681. The Hall–Kier alpha value is -1.67. The number of aliphatic hydroxyl groups is 1. The van der Waals surface area contributed by atoms with Crippen LogP contribution in [0.15, 0.2) is 36.5 Å². The first kappa shape index (κ1) is 21.3. The lowest BCUT2D eigenvalue weighted by Gasteiger charge is -2.13. The summed E-state index contributed by atoms with van der Waals surface area (Å²) in [6, 6.07) is 10.2. The van der Waals surface area contributed by atoms with Crippen molar-refractivity contribution in [3.05, 3.63) is 64.5 Å². The first-order valence-corrected chi connectivity index (χ1v) is 8.97. The van der Waals surface area contributed by atoms with E-state index in [9.17, 15) is 5.11 Å². The zero-order valence-corrected chi connectivity index (χ0v) is 15.9. The van der Waals surface area contributed by atoms with Crippen LogP contribution in [0.5, 0.6) is 0 Å². The Morgan fingerprint density at radius 1 is 0.913 bits per heavy atom. The molecule has 0 saturated carbocycles. The van der Waals surface area contributed by atoms with Crippen molar-refractivity contribution in [2.24, 2.45) is 0 Å². The molecule has 0 fully saturated rings. The lowest BCUT2D eigenvalue weighted by Crippen LogP contribution is -2.05. The molecule has 2 nitrogen and oxygen atoms in total. The molecule has 23 heavy (non-hydrogen) atoms. The fraction of sp³-hybridized carbons (Fsp3) is 0.476. The summed E-state index contributed by atoms with van der Waals surface area (Å²) in [5, 5.41) is 10.4. The molecule has 0 radical (unpaired) electrons. The zero-order valence-electron chi connectivity index (χ0n) is 15.9. The Morgan fingerprint density at radius 3 is 2.13 bits per heavy atom. The molecule has 1 heterocycles. The number of nitrogens with zero attached hydrogens (tertiary/aromatic N) is 1. The van der Waals surface area contributed by atoms with E-state index in [-0.39, 0.29) is 0 Å². The number of rotatable bonds is 0. The minimum absolute atomic E-state index is 0.579. The van der Waals surface area contributed by atoms with Gasteiger partial charge in [-0.3, -0.25) is 4.98 Å². The van der Waals surface area contributed by atoms with Crippen LogP contribution in [0.25, 0.3) is 0 Å². The third-order valence-electron chi connectivity index (χ3n) is 3.41. The van der Waals surface area contributed by atoms with Gasteiger partial charge in [0.1, 0.15) is 6.10 Å². The number of benzene rings is 1. The third-order valence-corrected chi connectivity index (χ3v) is 3.41. The molecule has 1 aromatic heterocycles. The van der Waals surface area contributed by atoms with Crippen molar-refractivity contribution in [3.63, 3.8) is 0 Å². The standard InChI is InChI=1S/C15H15NO.3C2H6/c1-10-8-12-7-6-11-4-2-3-5-13(11)15(17)14(12)16-9-10;3*1-2/h2-5,8-9,15,17H,6-7H2,1H3;3*1-2H3. The monoisotopic (exact) mass is 315 g/mol. The Labute approximate surface area is 142 Å². The summed E-state index contributed by atoms with van der Waals surface area (Å²) in [7, 11) is 0. The summed E-state index contributed by atoms with van der Waals surface area (Å²) in [6.45, 7) is 14.0. The number of hydrogen-bond acceptors (Lipinski definition) is 2. The van der Waals surface area contributed by atoms with Crippen molar-refractivity contribution < 1.29 is 5.11 Å². The molecule has 0 spiro atoms. The summed E-state index contributed by atoms with van der Waals surface area (Å²) in [5.41, 5.74) is 5.38. The van der Waals surface area contributed by atoms with Crippen molar-refractivity contribution in [1.29, 1.82) is 0 Å². The number of fused-ring (bicyclic) bond motifs is 2. The van der Waals surface area contributed by atoms with Gasteiger partial charge in [-0.25, -0.2) is 0 Å². The number of aromatic nitrogens is 1. The van der Waals surface area contributed by atoms with E-state index in [1.807, 2.05) is 72.9 Å². The van der Waals surface area contributed by atoms with Crippen LogP contribution in [-0.4, -0.2) is 10.1 Å². The first-order chi connectivity index (χ1) is 11.3. The number of aryl methyl sites for hydroxylation is 3. The molecule has 0 aliphatic heterocycles. The van der Waals surface area contributed by atoms with E-state index in [0.29, 0.717) is 0 Å². The highest BCUT2D eigenvalue weighted by Crippen LogP contribution is 2.31. The van der Waals surface area contributed by atoms with E-state index in [4.69, 9.17) is 0 Å². The fourth-order valence-electron chi connectivity index (χ4n) is 2.53. The van der Waals surface area contributed by atoms with E-state index in [0.717, 1.165) is 29.7 Å². The molecule has 1 N–H and O–H groups in total. The first-order valence-electron chi connectivity index (χ1n) is 8.97. The molecule has 0 bridgehead atoms. The third kappa shape index (κ3) is 5.47. The molecule has 0 saturated heterocycles. The molecule has 1 unspecified atom stereocenters. The van der Waals surface area contributed by atoms with Crippen LogP contribution in [0.1, 0.15) is 75.6 Å². The minimum atomic E-state index is -0.579. The van der Waals surface area contributed by atoms with Crippen LogP contribution in [0.4, 0.5) is 0 Å². The van der Waals surface area contributed by atoms with Crippen LogP contribution in [0, 0.1) is 6.92 Å². The Morgan fingerprint density at radius 2 is 1.48 bits per heavy atom. The van der Waals surface area contributed by atoms with E-state index >= 15 is 0 Å². The van der Waals surface area contributed by atoms with Gasteiger partial charge in [-0.15, -0.1) is 0 Å². The Bertz CT molecular complexity index is 564. The largest absolute Gasteiger partial charge is 0.382 e. The molecule has 1 aliphatic rings. The van der Waals surface area contributed by atoms with Gasteiger partial charge in [0.25, 0.3) is 0 Å². The lowest BCUT2D eigenvalue weighted by molar-refractivity contribution is 0.214. The molecular formula is C21H33NO. The Balaban J connectivity index is 0.000000728. The van der Waals surface area contributed by atoms with Gasteiger partial charge in [-0.1, -0.05) is 71.9 Å². The second-order valence-corrected chi connectivity index (χ2v) is 4.66. The zero-order chi connectivity index (χ0) is 17.8. The predicted molar refractivity (Wildman–Crippen MR) is 101 cm³/mol. The SMILES string of the molecule is CC.CC.CC.Cc1cnc2c(c1)CCc1ccccc1C2O. The second kappa shape index (κ2) is 11.8. The average Bonchev–Trinajstić information content (AvgIpc) is 2.77. The van der Waals surface area contributed by atoms with E-state index in [1.165, 1.54) is 11.1 Å². The van der Waals surface area contributed by atoms with Crippen molar-refractivity contribution in [2.45, 2.75) is 67.4 Å². The average molecular weight is 316 g/mol. The van der Waals surface area contributed by atoms with Crippen LogP contribution >= 0.6 is 0 Å². The fourth-order valence-corrected chi connectivity index (χ4v) is 2.53. The van der Waals surface area contributed by atoms with Gasteiger partial charge in [0.05, 0.1) is 5.69 Å². The predicted octanol–water partition coefficient (Wildman–Crippen LogP) is 5.65. The van der Waals surface area contributed by atoms with Gasteiger partial charge in [0, 0.05) is 6.20 Å². The van der Waals surface area contributed by atoms with Crippen molar-refractivity contribution in [3.8, 4) is 0 Å². The maximum atomic E-state index is 10.4. The summed E-state index contributed by atoms with van der Waals surface area (Å²) < 4.78 is 0. The van der Waals surface area contributed by atoms with Gasteiger partial charge in [-0.05, 0) is 42.0 Å². The second-order valence-electron chi connectivity index (χ2n) is 4.66. The molecule has 2 heteroatoms. The number of aliphatic hydroxyl groups excluding tert-OH is 1. The summed E-state index contributed by atoms with van der Waals surface area (Å²) in [5.74, 6) is 0. The minimum Gasteiger partial charge on any atom is -0.382 e. The molecule has 0 amide bonds. The molecule has 128 valence electrons. The van der Waals surface area contributed by atoms with E-state index in [1.54, 1.807) is 0 Å². The summed E-state index contributed by atoms with van der Waals surface area (Å²) >= 11 is 0. The highest BCUT2D eigenvalue weighted by molar-refractivity contribution is 5.40. The van der Waals surface area contributed by atoms with E-state index in [2.05, 4.69) is 17.1 Å². The Kier molecular flexibility index (Phi) is 11.0. The van der Waals surface area contributed by atoms with Gasteiger partial charge in [0.15, 0.2) is 0 Å². The van der Waals surface area contributed by atoms with Gasteiger partial charge >= 0.3 is 0 Å². The van der Waals surface area contributed by atoms with E-state index < -0.39 is 6.10 Å². The maximum Gasteiger partial charge on any atom is 0.121 e. The van der Waals surface area contributed by atoms with Gasteiger partial charge in [-0.2, -0.15) is 0 Å². The molecule has 1 aromatic carbocycles. The van der Waals surface area contributed by atoms with Crippen molar-refractivity contribution in [2.75, 3.05) is 0 Å². The summed E-state index contributed by atoms with van der Waals surface area (Å²) in [6.07, 6.45) is 3.18. The molecular weight excluding hydrogens is 282 g/mol. The molecule has 1 aliphatic carbocycles. The molecule has 2 aromatic rings. The van der Waals surface area contributed by atoms with Crippen LogP contribution < -0.4 is 0 Å². The van der Waals surface area contributed by atoms with Crippen LogP contribution in [-0.2, 0) is 12.8 Å². The highest BCUT2D eigenvalue weighted by atomic mass is 16.3. The maximum absolute atomic E-state index is 10.4. The smallest absolute Gasteiger partial charge is 0.121 e. The number of hydrogen-bond donors (Lipinski definition) is 1. The van der Waals surface area contributed by atoms with Gasteiger partial charge < -0.3 is 5.11 Å². The van der Waals surface area contributed by atoms with Crippen LogP contribution in [0.2, 0.25) is 0 Å². The summed E-state index contributed by atoms with van der Waals surface area (Å²) in [4.78, 5) is 4.41. The van der Waals surface area contributed by atoms with Crippen molar-refractivity contribution >= 4 is 0 Å². The van der Waals surface area contributed by atoms with Gasteiger partial charge in [0.2, 0.25) is 0 Å². The number of pyridine rings is 1. The molecule has 3 rings (SSSR count). The topological polar surface area (TPSA) is 33.1 Å². The highest BCUT2D eigenvalue weighted by Gasteiger charge is 2.22. The van der Waals surface area contributed by atoms with Crippen molar-refractivity contribution in [1.82, 2.24) is 4.98 Å². The normalized spacial score (nSPS) is 14.2.